The molecule has 3 aromatic rings. The monoisotopic (exact) mass is 289 g/mol. The third-order valence-electron chi connectivity index (χ3n) is 3.29. The van der Waals surface area contributed by atoms with Gasteiger partial charge < -0.3 is 10.3 Å². The van der Waals surface area contributed by atoms with E-state index < -0.39 is 5.82 Å². The minimum Gasteiger partial charge on any atom is -0.369 e. The molecule has 0 fully saturated rings. The maximum absolute atomic E-state index is 13.4. The van der Waals surface area contributed by atoms with Crippen LogP contribution in [0.1, 0.15) is 5.56 Å². The minimum absolute atomic E-state index is 0.0818. The molecule has 0 aliphatic carbocycles. The molecule has 0 saturated heterocycles. The topological polar surface area (TPSA) is 43.8 Å². The number of anilines is 1. The van der Waals surface area contributed by atoms with Crippen LogP contribution in [0.5, 0.6) is 0 Å². The van der Waals surface area contributed by atoms with Gasteiger partial charge in [-0.1, -0.05) is 41.9 Å². The normalized spacial score (nSPS) is 11.1. The van der Waals surface area contributed by atoms with Crippen LogP contribution in [0.3, 0.4) is 0 Å². The highest BCUT2D eigenvalue weighted by molar-refractivity contribution is 6.31. The summed E-state index contributed by atoms with van der Waals surface area (Å²) >= 11 is 5.83. The largest absolute Gasteiger partial charge is 0.369 e. The molecule has 0 spiro atoms. The number of rotatable bonds is 3. The zero-order chi connectivity index (χ0) is 14.1. The van der Waals surface area contributed by atoms with Gasteiger partial charge in [0.15, 0.2) is 0 Å². The number of nitrogens with two attached hydrogens (primary N) is 1. The number of hydrogen-bond donors (Lipinski definition) is 1. The van der Waals surface area contributed by atoms with Crippen molar-refractivity contribution in [3.8, 4) is 0 Å². The Balaban J connectivity index is 1.95. The fourth-order valence-electron chi connectivity index (χ4n) is 2.26. The van der Waals surface area contributed by atoms with Gasteiger partial charge in [-0.05, 0) is 18.1 Å². The summed E-state index contributed by atoms with van der Waals surface area (Å²) in [6.07, 6.45) is 0.825. The van der Waals surface area contributed by atoms with Crippen LogP contribution in [-0.2, 0) is 13.0 Å². The van der Waals surface area contributed by atoms with Crippen LogP contribution in [-0.4, -0.2) is 9.55 Å². The Bertz CT molecular complexity index is 753. The highest BCUT2D eigenvalue weighted by Crippen LogP contribution is 2.25. The van der Waals surface area contributed by atoms with Crippen molar-refractivity contribution in [2.24, 2.45) is 0 Å². The third-order valence-corrected chi connectivity index (χ3v) is 3.58. The lowest BCUT2D eigenvalue weighted by atomic mass is 10.1. The van der Waals surface area contributed by atoms with E-state index in [4.69, 9.17) is 17.3 Å². The molecule has 20 heavy (non-hydrogen) atoms. The third kappa shape index (κ3) is 2.34. The Morgan fingerprint density at radius 1 is 1.20 bits per heavy atom. The van der Waals surface area contributed by atoms with Crippen LogP contribution >= 0.6 is 11.6 Å². The molecule has 0 amide bonds. The molecule has 1 heterocycles. The van der Waals surface area contributed by atoms with E-state index in [-0.39, 0.29) is 5.02 Å². The van der Waals surface area contributed by atoms with Crippen LogP contribution in [0.4, 0.5) is 10.3 Å². The van der Waals surface area contributed by atoms with Gasteiger partial charge >= 0.3 is 0 Å². The molecular weight excluding hydrogens is 277 g/mol. The van der Waals surface area contributed by atoms with Gasteiger partial charge in [-0.25, -0.2) is 9.37 Å². The summed E-state index contributed by atoms with van der Waals surface area (Å²) in [5.41, 5.74) is 8.39. The van der Waals surface area contributed by atoms with Gasteiger partial charge in [-0.3, -0.25) is 0 Å². The molecule has 3 nitrogen and oxygen atoms in total. The fourth-order valence-corrected chi connectivity index (χ4v) is 2.42. The molecule has 0 bridgehead atoms. The van der Waals surface area contributed by atoms with E-state index in [0.717, 1.165) is 11.9 Å². The highest BCUT2D eigenvalue weighted by atomic mass is 35.5. The minimum atomic E-state index is -0.480. The van der Waals surface area contributed by atoms with Gasteiger partial charge in [0.2, 0.25) is 5.95 Å². The second-order valence-corrected chi connectivity index (χ2v) is 5.02. The van der Waals surface area contributed by atoms with Crippen LogP contribution in [0.2, 0.25) is 5.02 Å². The maximum Gasteiger partial charge on any atom is 0.201 e. The molecule has 0 saturated carbocycles. The first kappa shape index (κ1) is 12.9. The van der Waals surface area contributed by atoms with Gasteiger partial charge in [0.1, 0.15) is 5.82 Å². The van der Waals surface area contributed by atoms with Crippen LogP contribution in [0, 0.1) is 5.82 Å². The predicted octanol–water partition coefficient (Wildman–Crippen LogP) is 3.65. The Morgan fingerprint density at radius 3 is 2.70 bits per heavy atom. The van der Waals surface area contributed by atoms with Crippen molar-refractivity contribution in [1.82, 2.24) is 9.55 Å². The second kappa shape index (κ2) is 5.13. The van der Waals surface area contributed by atoms with Crippen molar-refractivity contribution >= 4 is 28.6 Å². The number of fused-ring (bicyclic) bond motifs is 1. The summed E-state index contributed by atoms with van der Waals surface area (Å²) in [7, 11) is 0. The summed E-state index contributed by atoms with van der Waals surface area (Å²) in [6.45, 7) is 0.675. The molecule has 102 valence electrons. The van der Waals surface area contributed by atoms with Crippen molar-refractivity contribution in [3.63, 3.8) is 0 Å². The number of benzene rings is 2. The average Bonchev–Trinajstić information content (AvgIpc) is 2.73. The lowest BCUT2D eigenvalue weighted by Crippen LogP contribution is -2.05. The van der Waals surface area contributed by atoms with E-state index in [2.05, 4.69) is 17.1 Å². The Morgan fingerprint density at radius 2 is 1.95 bits per heavy atom. The van der Waals surface area contributed by atoms with E-state index in [0.29, 0.717) is 18.0 Å². The second-order valence-electron chi connectivity index (χ2n) is 4.61. The molecule has 2 N–H and O–H groups in total. The van der Waals surface area contributed by atoms with Crippen LogP contribution in [0.15, 0.2) is 42.5 Å². The number of hydrogen-bond acceptors (Lipinski definition) is 2. The van der Waals surface area contributed by atoms with Gasteiger partial charge in [0, 0.05) is 12.6 Å². The molecule has 2 aromatic carbocycles. The molecule has 0 aliphatic heterocycles. The smallest absolute Gasteiger partial charge is 0.201 e. The van der Waals surface area contributed by atoms with Gasteiger partial charge in [-0.2, -0.15) is 0 Å². The van der Waals surface area contributed by atoms with Crippen LogP contribution < -0.4 is 5.73 Å². The maximum atomic E-state index is 13.4. The molecule has 0 unspecified atom stereocenters. The zero-order valence-electron chi connectivity index (χ0n) is 10.7. The standard InChI is InChI=1S/C15H13ClFN3/c16-11-8-14-13(9-12(11)17)19-15(18)20(14)7-6-10-4-2-1-3-5-10/h1-5,8-9H,6-7H2,(H2,18,19). The average molecular weight is 290 g/mol. The van der Waals surface area contributed by atoms with Crippen LogP contribution in [0.25, 0.3) is 11.0 Å². The van der Waals surface area contributed by atoms with Gasteiger partial charge in [0.25, 0.3) is 0 Å². The summed E-state index contributed by atoms with van der Waals surface area (Å²) in [5.74, 6) is -0.107. The van der Waals surface area contributed by atoms with Crippen molar-refractivity contribution in [2.75, 3.05) is 5.73 Å². The first-order chi connectivity index (χ1) is 9.65. The van der Waals surface area contributed by atoms with Gasteiger partial charge in [0.05, 0.1) is 16.1 Å². The molecular formula is C15H13ClFN3. The highest BCUT2D eigenvalue weighted by Gasteiger charge is 2.11. The molecule has 3 rings (SSSR count). The lowest BCUT2D eigenvalue weighted by Gasteiger charge is -2.07. The number of imidazole rings is 1. The summed E-state index contributed by atoms with van der Waals surface area (Å²) in [4.78, 5) is 4.17. The summed E-state index contributed by atoms with van der Waals surface area (Å²) in [5, 5.41) is 0.0818. The Hall–Kier alpha value is -2.07. The fraction of sp³-hybridized carbons (Fsp3) is 0.133. The molecule has 1 aromatic heterocycles. The first-order valence-electron chi connectivity index (χ1n) is 6.30. The van der Waals surface area contributed by atoms with Crippen molar-refractivity contribution in [3.05, 3.63) is 58.9 Å². The number of halogens is 2. The van der Waals surface area contributed by atoms with E-state index >= 15 is 0 Å². The number of nitrogen functional groups attached to an aromatic ring is 1. The van der Waals surface area contributed by atoms with Gasteiger partial charge in [-0.15, -0.1) is 0 Å². The van der Waals surface area contributed by atoms with E-state index in [9.17, 15) is 4.39 Å². The van der Waals surface area contributed by atoms with E-state index in [1.165, 1.54) is 11.6 Å². The first-order valence-corrected chi connectivity index (χ1v) is 6.67. The molecule has 0 radical (unpaired) electrons. The lowest BCUT2D eigenvalue weighted by molar-refractivity contribution is 0.629. The zero-order valence-corrected chi connectivity index (χ0v) is 11.4. The summed E-state index contributed by atoms with van der Waals surface area (Å²) in [6, 6.07) is 13.0. The number of nitrogens with zero attached hydrogens (tertiary/aromatic N) is 2. The number of aromatic nitrogens is 2. The van der Waals surface area contributed by atoms with Crippen molar-refractivity contribution in [1.29, 1.82) is 0 Å². The molecule has 0 atom stereocenters. The van der Waals surface area contributed by atoms with E-state index in [1.54, 1.807) is 6.07 Å². The Kier molecular flexibility index (Phi) is 3.32. The number of aryl methyl sites for hydroxylation is 2. The quantitative estimate of drug-likeness (QED) is 0.800. The van der Waals surface area contributed by atoms with E-state index in [1.807, 2.05) is 22.8 Å². The SMILES string of the molecule is Nc1nc2cc(F)c(Cl)cc2n1CCc1ccccc1. The molecule has 0 aliphatic rings. The van der Waals surface area contributed by atoms with Crippen molar-refractivity contribution < 1.29 is 4.39 Å². The summed E-state index contributed by atoms with van der Waals surface area (Å²) < 4.78 is 15.3. The van der Waals surface area contributed by atoms with Crippen molar-refractivity contribution in [2.45, 2.75) is 13.0 Å². The predicted molar refractivity (Wildman–Crippen MR) is 79.3 cm³/mol. The Labute approximate surface area is 120 Å². The molecule has 5 heteroatoms.